The minimum atomic E-state index is -0.287. The highest BCUT2D eigenvalue weighted by molar-refractivity contribution is 9.11. The van der Waals surface area contributed by atoms with Gasteiger partial charge in [-0.3, -0.25) is 4.79 Å². The summed E-state index contributed by atoms with van der Waals surface area (Å²) in [6, 6.07) is 9.80. The van der Waals surface area contributed by atoms with E-state index < -0.39 is 0 Å². The van der Waals surface area contributed by atoms with Crippen molar-refractivity contribution in [1.29, 1.82) is 0 Å². The Morgan fingerprint density at radius 1 is 1.27 bits per heavy atom. The molecule has 1 aliphatic heterocycles. The fraction of sp³-hybridized carbons (Fsp3) is 0.312. The number of hydrogen-bond donors (Lipinski definition) is 1. The van der Waals surface area contributed by atoms with E-state index in [1.807, 2.05) is 24.3 Å². The molecule has 0 amide bonds. The standard InChI is InChI=1S/C16H15Br2NO3/c1-21-16(20)13-7-11(8-19-13)22-14-5-2-9-6-10(17)3-4-12(9)15(14)18/h2-6,11,13,19H,7-8H2,1H3. The molecule has 0 bridgehead atoms. The molecule has 22 heavy (non-hydrogen) atoms. The molecule has 1 heterocycles. The van der Waals surface area contributed by atoms with E-state index in [9.17, 15) is 4.79 Å². The summed E-state index contributed by atoms with van der Waals surface area (Å²) in [5.41, 5.74) is 0. The monoisotopic (exact) mass is 427 g/mol. The second kappa shape index (κ2) is 6.56. The van der Waals surface area contributed by atoms with Crippen molar-refractivity contribution in [3.8, 4) is 5.75 Å². The van der Waals surface area contributed by atoms with Crippen molar-refractivity contribution in [3.63, 3.8) is 0 Å². The highest BCUT2D eigenvalue weighted by Crippen LogP contribution is 2.35. The quantitative estimate of drug-likeness (QED) is 0.758. The minimum absolute atomic E-state index is 0.0479. The molecule has 0 aromatic heterocycles. The molecule has 2 atom stereocenters. The molecule has 2 unspecified atom stereocenters. The zero-order valence-corrected chi connectivity index (χ0v) is 15.1. The Kier molecular flexibility index (Phi) is 4.70. The number of nitrogens with one attached hydrogen (secondary N) is 1. The molecular weight excluding hydrogens is 414 g/mol. The highest BCUT2D eigenvalue weighted by Gasteiger charge is 2.31. The Morgan fingerprint density at radius 2 is 2.09 bits per heavy atom. The van der Waals surface area contributed by atoms with Crippen molar-refractivity contribution in [1.82, 2.24) is 5.32 Å². The van der Waals surface area contributed by atoms with Gasteiger partial charge in [-0.2, -0.15) is 0 Å². The normalized spacial score (nSPS) is 21.0. The molecule has 0 aliphatic carbocycles. The van der Waals surface area contributed by atoms with Crippen LogP contribution in [0, 0.1) is 0 Å². The van der Waals surface area contributed by atoms with Gasteiger partial charge in [-0.15, -0.1) is 0 Å². The lowest BCUT2D eigenvalue weighted by atomic mass is 10.1. The third kappa shape index (κ3) is 3.14. The largest absolute Gasteiger partial charge is 0.488 e. The van der Waals surface area contributed by atoms with Crippen molar-refractivity contribution in [2.75, 3.05) is 13.7 Å². The van der Waals surface area contributed by atoms with Gasteiger partial charge in [-0.05, 0) is 44.9 Å². The van der Waals surface area contributed by atoms with Gasteiger partial charge in [0.25, 0.3) is 0 Å². The van der Waals surface area contributed by atoms with Crippen LogP contribution in [-0.2, 0) is 9.53 Å². The van der Waals surface area contributed by atoms with Gasteiger partial charge in [-0.1, -0.05) is 28.1 Å². The van der Waals surface area contributed by atoms with Gasteiger partial charge in [0.1, 0.15) is 17.9 Å². The molecule has 4 nitrogen and oxygen atoms in total. The number of hydrogen-bond acceptors (Lipinski definition) is 4. The summed E-state index contributed by atoms with van der Waals surface area (Å²) in [5, 5.41) is 5.34. The molecule has 1 N–H and O–H groups in total. The van der Waals surface area contributed by atoms with Crippen LogP contribution in [0.2, 0.25) is 0 Å². The fourth-order valence-electron chi connectivity index (χ4n) is 2.63. The topological polar surface area (TPSA) is 47.6 Å². The maximum atomic E-state index is 11.5. The van der Waals surface area contributed by atoms with E-state index >= 15 is 0 Å². The summed E-state index contributed by atoms with van der Waals surface area (Å²) in [5.74, 6) is 0.542. The van der Waals surface area contributed by atoms with Crippen molar-refractivity contribution in [2.45, 2.75) is 18.6 Å². The van der Waals surface area contributed by atoms with Gasteiger partial charge < -0.3 is 14.8 Å². The summed E-state index contributed by atoms with van der Waals surface area (Å²) in [6.07, 6.45) is 0.561. The van der Waals surface area contributed by atoms with Gasteiger partial charge in [0.05, 0.1) is 11.6 Å². The Hall–Kier alpha value is -1.11. The zero-order valence-electron chi connectivity index (χ0n) is 11.9. The predicted octanol–water partition coefficient (Wildman–Crippen LogP) is 3.65. The predicted molar refractivity (Wildman–Crippen MR) is 92.2 cm³/mol. The van der Waals surface area contributed by atoms with Crippen LogP contribution in [0.25, 0.3) is 10.8 Å². The summed E-state index contributed by atoms with van der Waals surface area (Å²) >= 11 is 7.09. The summed E-state index contributed by atoms with van der Waals surface area (Å²) in [7, 11) is 1.40. The average Bonchev–Trinajstić information content (AvgIpc) is 2.98. The Labute approximate surface area is 145 Å². The van der Waals surface area contributed by atoms with Gasteiger partial charge in [-0.25, -0.2) is 0 Å². The second-order valence-electron chi connectivity index (χ2n) is 5.20. The summed E-state index contributed by atoms with van der Waals surface area (Å²) in [6.45, 7) is 0.630. The third-order valence-corrected chi connectivity index (χ3v) is 5.06. The average molecular weight is 429 g/mol. The van der Waals surface area contributed by atoms with Gasteiger partial charge in [0.2, 0.25) is 0 Å². The molecule has 0 saturated carbocycles. The van der Waals surface area contributed by atoms with Crippen LogP contribution < -0.4 is 10.1 Å². The number of ether oxygens (including phenoxy) is 2. The molecule has 3 rings (SSSR count). The maximum Gasteiger partial charge on any atom is 0.323 e. The second-order valence-corrected chi connectivity index (χ2v) is 6.91. The van der Waals surface area contributed by atoms with E-state index in [0.717, 1.165) is 25.5 Å². The minimum Gasteiger partial charge on any atom is -0.488 e. The number of esters is 1. The lowest BCUT2D eigenvalue weighted by Crippen LogP contribution is -2.31. The van der Waals surface area contributed by atoms with E-state index in [1.165, 1.54) is 7.11 Å². The molecule has 1 aliphatic rings. The SMILES string of the molecule is COC(=O)C1CC(Oc2ccc3cc(Br)ccc3c2Br)CN1. The van der Waals surface area contributed by atoms with E-state index in [2.05, 4.69) is 43.2 Å². The van der Waals surface area contributed by atoms with E-state index in [-0.39, 0.29) is 18.1 Å². The van der Waals surface area contributed by atoms with Crippen LogP contribution in [0.3, 0.4) is 0 Å². The highest BCUT2D eigenvalue weighted by atomic mass is 79.9. The van der Waals surface area contributed by atoms with E-state index in [0.29, 0.717) is 13.0 Å². The van der Waals surface area contributed by atoms with Crippen LogP contribution >= 0.6 is 31.9 Å². The molecule has 116 valence electrons. The fourth-order valence-corrected chi connectivity index (χ4v) is 3.59. The number of rotatable bonds is 3. The molecular formula is C16H15Br2NO3. The first kappa shape index (κ1) is 15.8. The number of fused-ring (bicyclic) bond motifs is 1. The zero-order chi connectivity index (χ0) is 15.7. The van der Waals surface area contributed by atoms with Crippen molar-refractivity contribution in [3.05, 3.63) is 39.3 Å². The molecule has 0 radical (unpaired) electrons. The van der Waals surface area contributed by atoms with Gasteiger partial charge in [0.15, 0.2) is 0 Å². The van der Waals surface area contributed by atoms with Crippen molar-refractivity contribution >= 4 is 48.6 Å². The number of halogens is 2. The first-order valence-corrected chi connectivity index (χ1v) is 8.52. The van der Waals surface area contributed by atoms with Gasteiger partial charge >= 0.3 is 5.97 Å². The van der Waals surface area contributed by atoms with Crippen LogP contribution in [0.5, 0.6) is 5.75 Å². The van der Waals surface area contributed by atoms with Crippen LogP contribution in [0.1, 0.15) is 6.42 Å². The molecule has 2 aromatic carbocycles. The van der Waals surface area contributed by atoms with Crippen molar-refractivity contribution < 1.29 is 14.3 Å². The first-order valence-electron chi connectivity index (χ1n) is 6.94. The molecule has 0 spiro atoms. The molecule has 1 saturated heterocycles. The Balaban J connectivity index is 1.79. The Bertz CT molecular complexity index is 720. The Morgan fingerprint density at radius 3 is 2.86 bits per heavy atom. The number of carbonyl (C=O) groups excluding carboxylic acids is 1. The summed E-state index contributed by atoms with van der Waals surface area (Å²) in [4.78, 5) is 11.5. The number of benzene rings is 2. The lowest BCUT2D eigenvalue weighted by Gasteiger charge is -2.15. The van der Waals surface area contributed by atoms with Crippen molar-refractivity contribution in [2.24, 2.45) is 0 Å². The smallest absolute Gasteiger partial charge is 0.323 e. The van der Waals surface area contributed by atoms with Crippen LogP contribution in [-0.4, -0.2) is 31.8 Å². The maximum absolute atomic E-state index is 11.5. The van der Waals surface area contributed by atoms with E-state index in [4.69, 9.17) is 9.47 Å². The van der Waals surface area contributed by atoms with E-state index in [1.54, 1.807) is 0 Å². The van der Waals surface area contributed by atoms with Crippen LogP contribution in [0.4, 0.5) is 0 Å². The first-order chi connectivity index (χ1) is 10.6. The molecule has 2 aromatic rings. The molecule has 1 fully saturated rings. The molecule has 6 heteroatoms. The van der Waals surface area contributed by atoms with Gasteiger partial charge in [0, 0.05) is 17.4 Å². The number of methoxy groups -OCH3 is 1. The lowest BCUT2D eigenvalue weighted by molar-refractivity contribution is -0.142. The summed E-state index contributed by atoms with van der Waals surface area (Å²) < 4.78 is 12.8. The number of carbonyl (C=O) groups is 1. The van der Waals surface area contributed by atoms with Crippen LogP contribution in [0.15, 0.2) is 39.3 Å². The third-order valence-electron chi connectivity index (χ3n) is 3.75.